The first kappa shape index (κ1) is 14.6. The molecule has 2 rings (SSSR count). The van der Waals surface area contributed by atoms with Gasteiger partial charge in [0.2, 0.25) is 5.95 Å². The molecule has 110 valence electrons. The average molecular weight is 277 g/mol. The van der Waals surface area contributed by atoms with Gasteiger partial charge in [0.25, 0.3) is 0 Å². The van der Waals surface area contributed by atoms with E-state index in [9.17, 15) is 4.79 Å². The molecule has 0 spiro atoms. The van der Waals surface area contributed by atoms with E-state index >= 15 is 0 Å². The molecule has 20 heavy (non-hydrogen) atoms. The zero-order valence-electron chi connectivity index (χ0n) is 12.2. The minimum atomic E-state index is -0.0752. The summed E-state index contributed by atoms with van der Waals surface area (Å²) < 4.78 is 0. The zero-order valence-corrected chi connectivity index (χ0v) is 12.2. The topological polar surface area (TPSA) is 70.2 Å². The van der Waals surface area contributed by atoms with Crippen LogP contribution in [0.4, 0.5) is 10.7 Å². The van der Waals surface area contributed by atoms with E-state index in [4.69, 9.17) is 0 Å². The molecule has 6 nitrogen and oxygen atoms in total. The third kappa shape index (κ3) is 4.36. The van der Waals surface area contributed by atoms with Crippen molar-refractivity contribution in [3.05, 3.63) is 18.5 Å². The van der Waals surface area contributed by atoms with Crippen LogP contribution in [-0.2, 0) is 0 Å². The van der Waals surface area contributed by atoms with E-state index in [0.29, 0.717) is 5.92 Å². The first-order valence-electron chi connectivity index (χ1n) is 7.21. The van der Waals surface area contributed by atoms with Gasteiger partial charge in [-0.1, -0.05) is 0 Å². The van der Waals surface area contributed by atoms with Gasteiger partial charge in [-0.3, -0.25) is 0 Å². The van der Waals surface area contributed by atoms with E-state index < -0.39 is 0 Å². The van der Waals surface area contributed by atoms with Crippen LogP contribution in [0.5, 0.6) is 0 Å². The summed E-state index contributed by atoms with van der Waals surface area (Å²) in [6.45, 7) is 6.54. The Hall–Kier alpha value is -1.85. The number of anilines is 1. The van der Waals surface area contributed by atoms with Gasteiger partial charge in [0, 0.05) is 38.1 Å². The molecule has 0 saturated carbocycles. The Balaban J connectivity index is 1.71. The number of nitrogens with one attached hydrogen (secondary N) is 2. The van der Waals surface area contributed by atoms with Gasteiger partial charge in [-0.2, -0.15) is 0 Å². The fourth-order valence-corrected chi connectivity index (χ4v) is 2.34. The molecule has 0 aromatic carbocycles. The van der Waals surface area contributed by atoms with Gasteiger partial charge in [0.15, 0.2) is 0 Å². The molecule has 1 fully saturated rings. The van der Waals surface area contributed by atoms with Crippen LogP contribution in [0.3, 0.4) is 0 Å². The van der Waals surface area contributed by atoms with Crippen molar-refractivity contribution >= 4 is 12.0 Å². The smallest absolute Gasteiger partial charge is 0.314 e. The monoisotopic (exact) mass is 277 g/mol. The van der Waals surface area contributed by atoms with Crippen LogP contribution in [0.15, 0.2) is 18.5 Å². The van der Waals surface area contributed by atoms with E-state index in [1.54, 1.807) is 12.4 Å². The molecule has 1 aromatic heterocycles. The van der Waals surface area contributed by atoms with Gasteiger partial charge in [-0.05, 0) is 38.7 Å². The molecule has 1 aromatic rings. The summed E-state index contributed by atoms with van der Waals surface area (Å²) in [7, 11) is 0. The predicted molar refractivity (Wildman–Crippen MR) is 78.6 cm³/mol. The van der Waals surface area contributed by atoms with Gasteiger partial charge < -0.3 is 15.5 Å². The van der Waals surface area contributed by atoms with Gasteiger partial charge in [0.05, 0.1) is 0 Å². The Morgan fingerprint density at radius 3 is 2.60 bits per heavy atom. The zero-order chi connectivity index (χ0) is 14.4. The van der Waals surface area contributed by atoms with Crippen molar-refractivity contribution in [2.24, 2.45) is 5.92 Å². The number of amides is 2. The molecular weight excluding hydrogens is 254 g/mol. The molecule has 0 aliphatic carbocycles. The van der Waals surface area contributed by atoms with Crippen LogP contribution in [0, 0.1) is 5.92 Å². The van der Waals surface area contributed by atoms with Gasteiger partial charge >= 0.3 is 6.03 Å². The number of carbonyl (C=O) groups excluding carboxylic acids is 1. The number of aromatic nitrogens is 2. The lowest BCUT2D eigenvalue weighted by Gasteiger charge is -2.32. The molecule has 0 bridgehead atoms. The predicted octanol–water partition coefficient (Wildman–Crippen LogP) is 1.40. The third-order valence-electron chi connectivity index (χ3n) is 3.42. The molecular formula is C14H23N5O. The van der Waals surface area contributed by atoms with E-state index in [2.05, 4.69) is 25.5 Å². The van der Waals surface area contributed by atoms with Crippen LogP contribution in [-0.4, -0.2) is 41.7 Å². The highest BCUT2D eigenvalue weighted by Crippen LogP contribution is 2.19. The first-order valence-corrected chi connectivity index (χ1v) is 7.21. The van der Waals surface area contributed by atoms with E-state index in [1.807, 2.05) is 19.9 Å². The minimum Gasteiger partial charge on any atom is -0.341 e. The van der Waals surface area contributed by atoms with Crippen molar-refractivity contribution < 1.29 is 4.79 Å². The molecule has 1 saturated heterocycles. The number of rotatable bonds is 4. The minimum absolute atomic E-state index is 0.0752. The largest absolute Gasteiger partial charge is 0.341 e. The maximum absolute atomic E-state index is 11.5. The van der Waals surface area contributed by atoms with Crippen molar-refractivity contribution in [3.63, 3.8) is 0 Å². The summed E-state index contributed by atoms with van der Waals surface area (Å²) in [4.78, 5) is 22.3. The summed E-state index contributed by atoms with van der Waals surface area (Å²) in [5.41, 5.74) is 0. The number of hydrogen-bond acceptors (Lipinski definition) is 4. The highest BCUT2D eigenvalue weighted by atomic mass is 16.2. The molecule has 1 aliphatic rings. The maximum Gasteiger partial charge on any atom is 0.314 e. The standard InChI is InChI=1S/C14H23N5O/c1-11(2)18-14(20)17-10-12-4-8-19(9-5-12)13-15-6-3-7-16-13/h3,6-7,11-12H,4-5,8-10H2,1-2H3,(H2,17,18,20). The quantitative estimate of drug-likeness (QED) is 0.873. The summed E-state index contributed by atoms with van der Waals surface area (Å²) >= 11 is 0. The Kier molecular flexibility index (Phi) is 5.15. The van der Waals surface area contributed by atoms with Crippen molar-refractivity contribution in [2.75, 3.05) is 24.5 Å². The van der Waals surface area contributed by atoms with Crippen molar-refractivity contribution in [3.8, 4) is 0 Å². The second kappa shape index (κ2) is 7.07. The molecule has 2 heterocycles. The van der Waals surface area contributed by atoms with Crippen LogP contribution >= 0.6 is 0 Å². The second-order valence-corrected chi connectivity index (χ2v) is 5.49. The van der Waals surface area contributed by atoms with Crippen LogP contribution < -0.4 is 15.5 Å². The Labute approximate surface area is 120 Å². The fraction of sp³-hybridized carbons (Fsp3) is 0.643. The summed E-state index contributed by atoms with van der Waals surface area (Å²) in [5.74, 6) is 1.34. The average Bonchev–Trinajstić information content (AvgIpc) is 2.46. The van der Waals surface area contributed by atoms with Crippen LogP contribution in [0.25, 0.3) is 0 Å². The Morgan fingerprint density at radius 1 is 1.35 bits per heavy atom. The lowest BCUT2D eigenvalue weighted by molar-refractivity contribution is 0.235. The second-order valence-electron chi connectivity index (χ2n) is 5.49. The van der Waals surface area contributed by atoms with E-state index in [1.165, 1.54) is 0 Å². The number of piperidine rings is 1. The van der Waals surface area contributed by atoms with Gasteiger partial charge in [0.1, 0.15) is 0 Å². The van der Waals surface area contributed by atoms with Crippen LogP contribution in [0.1, 0.15) is 26.7 Å². The maximum atomic E-state index is 11.5. The first-order chi connectivity index (χ1) is 9.65. The highest BCUT2D eigenvalue weighted by Gasteiger charge is 2.21. The lowest BCUT2D eigenvalue weighted by Crippen LogP contribution is -2.44. The number of urea groups is 1. The number of carbonyl (C=O) groups is 1. The third-order valence-corrected chi connectivity index (χ3v) is 3.42. The number of nitrogens with zero attached hydrogens (tertiary/aromatic N) is 3. The van der Waals surface area contributed by atoms with E-state index in [-0.39, 0.29) is 12.1 Å². The van der Waals surface area contributed by atoms with Gasteiger partial charge in [-0.25, -0.2) is 14.8 Å². The summed E-state index contributed by atoms with van der Waals surface area (Å²) in [5, 5.41) is 5.77. The Bertz CT molecular complexity index is 415. The van der Waals surface area contributed by atoms with E-state index in [0.717, 1.165) is 38.4 Å². The fourth-order valence-electron chi connectivity index (χ4n) is 2.34. The SMILES string of the molecule is CC(C)NC(=O)NCC1CCN(c2ncccn2)CC1. The molecule has 1 aliphatic heterocycles. The summed E-state index contributed by atoms with van der Waals surface area (Å²) in [6.07, 6.45) is 5.65. The van der Waals surface area contributed by atoms with Crippen molar-refractivity contribution in [1.29, 1.82) is 0 Å². The molecule has 0 unspecified atom stereocenters. The van der Waals surface area contributed by atoms with Crippen molar-refractivity contribution in [1.82, 2.24) is 20.6 Å². The molecule has 2 N–H and O–H groups in total. The molecule has 2 amide bonds. The van der Waals surface area contributed by atoms with Crippen LogP contribution in [0.2, 0.25) is 0 Å². The van der Waals surface area contributed by atoms with Crippen molar-refractivity contribution in [2.45, 2.75) is 32.7 Å². The normalized spacial score (nSPS) is 16.2. The van der Waals surface area contributed by atoms with Gasteiger partial charge in [-0.15, -0.1) is 0 Å². The number of hydrogen-bond donors (Lipinski definition) is 2. The Morgan fingerprint density at radius 2 is 2.00 bits per heavy atom. The lowest BCUT2D eigenvalue weighted by atomic mass is 9.97. The molecule has 6 heteroatoms. The highest BCUT2D eigenvalue weighted by molar-refractivity contribution is 5.74. The molecule has 0 radical (unpaired) electrons. The molecule has 0 atom stereocenters. The summed E-state index contributed by atoms with van der Waals surface area (Å²) in [6, 6.07) is 1.92.